The second-order valence-electron chi connectivity index (χ2n) is 4.31. The highest BCUT2D eigenvalue weighted by molar-refractivity contribution is 5.36. The second-order valence-corrected chi connectivity index (χ2v) is 4.31. The van der Waals surface area contributed by atoms with Gasteiger partial charge in [0.05, 0.1) is 0 Å². The van der Waals surface area contributed by atoms with E-state index in [-0.39, 0.29) is 0 Å². The predicted octanol–water partition coefficient (Wildman–Crippen LogP) is 1.98. The van der Waals surface area contributed by atoms with Crippen LogP contribution >= 0.6 is 0 Å². The lowest BCUT2D eigenvalue weighted by Gasteiger charge is -2.17. The van der Waals surface area contributed by atoms with E-state index >= 15 is 0 Å². The maximum absolute atomic E-state index is 5.51. The van der Waals surface area contributed by atoms with Gasteiger partial charge in [-0.1, -0.05) is 20.3 Å². The van der Waals surface area contributed by atoms with Crippen molar-refractivity contribution < 1.29 is 0 Å². The molecule has 5 heteroatoms. The quantitative estimate of drug-likeness (QED) is 0.657. The zero-order valence-electron chi connectivity index (χ0n) is 11.5. The van der Waals surface area contributed by atoms with Crippen molar-refractivity contribution in [3.63, 3.8) is 0 Å². The zero-order chi connectivity index (χ0) is 13.2. The summed E-state index contributed by atoms with van der Waals surface area (Å²) in [5, 5.41) is 3.26. The van der Waals surface area contributed by atoms with Crippen LogP contribution in [0.3, 0.4) is 0 Å². The summed E-state index contributed by atoms with van der Waals surface area (Å²) < 4.78 is 0. The molecule has 0 saturated heterocycles. The van der Waals surface area contributed by atoms with Crippen molar-refractivity contribution in [3.8, 4) is 0 Å². The summed E-state index contributed by atoms with van der Waals surface area (Å²) in [4.78, 5) is 10.4. The van der Waals surface area contributed by atoms with Gasteiger partial charge >= 0.3 is 0 Å². The first-order valence-electron chi connectivity index (χ1n) is 6.81. The minimum absolute atomic E-state index is 0.321. The molecule has 1 rings (SSSR count). The molecule has 0 aliphatic carbocycles. The lowest BCUT2D eigenvalue weighted by Crippen LogP contribution is -2.23. The number of nitrogen functional groups attached to an aromatic ring is 1. The van der Waals surface area contributed by atoms with Crippen molar-refractivity contribution in [1.82, 2.24) is 14.9 Å². The van der Waals surface area contributed by atoms with Crippen LogP contribution in [0.25, 0.3) is 0 Å². The Labute approximate surface area is 110 Å². The molecule has 1 aromatic rings. The highest BCUT2D eigenvalue weighted by Crippen LogP contribution is 2.04. The van der Waals surface area contributed by atoms with Gasteiger partial charge in [0.2, 0.25) is 5.95 Å². The number of hydrogen-bond acceptors (Lipinski definition) is 5. The third kappa shape index (κ3) is 5.82. The van der Waals surface area contributed by atoms with Gasteiger partial charge in [-0.15, -0.1) is 0 Å². The minimum Gasteiger partial charge on any atom is -0.370 e. The Balaban J connectivity index is 2.05. The van der Waals surface area contributed by atoms with Crippen LogP contribution < -0.4 is 11.1 Å². The molecule has 1 heterocycles. The molecule has 1 aromatic heterocycles. The minimum atomic E-state index is 0.321. The standard InChI is InChI=1S/C13H25N5/c1-3-18(4-2)11-7-5-6-9-15-12-8-10-16-13(14)17-12/h8,10H,3-7,9,11H2,1-2H3,(H3,14,15,16,17). The molecule has 0 spiro atoms. The number of nitrogens with one attached hydrogen (secondary N) is 1. The number of anilines is 2. The molecule has 0 unspecified atom stereocenters. The predicted molar refractivity (Wildman–Crippen MR) is 76.6 cm³/mol. The van der Waals surface area contributed by atoms with Gasteiger partial charge in [0.25, 0.3) is 0 Å². The van der Waals surface area contributed by atoms with Gasteiger partial charge in [0, 0.05) is 12.7 Å². The van der Waals surface area contributed by atoms with E-state index in [4.69, 9.17) is 5.73 Å². The van der Waals surface area contributed by atoms with Crippen LogP contribution in [0, 0.1) is 0 Å². The van der Waals surface area contributed by atoms with Crippen LogP contribution in [0.4, 0.5) is 11.8 Å². The number of nitrogens with two attached hydrogens (primary N) is 1. The third-order valence-electron chi connectivity index (χ3n) is 3.03. The summed E-state index contributed by atoms with van der Waals surface area (Å²) in [5.74, 6) is 1.13. The Hall–Kier alpha value is -1.36. The number of rotatable bonds is 9. The van der Waals surface area contributed by atoms with Crippen LogP contribution in [0.2, 0.25) is 0 Å². The molecule has 0 saturated carbocycles. The van der Waals surface area contributed by atoms with E-state index in [0.29, 0.717) is 5.95 Å². The van der Waals surface area contributed by atoms with Crippen molar-refractivity contribution in [2.75, 3.05) is 37.2 Å². The molecule has 0 aliphatic heterocycles. The molecule has 102 valence electrons. The monoisotopic (exact) mass is 251 g/mol. The van der Waals surface area contributed by atoms with Gasteiger partial charge in [0.1, 0.15) is 5.82 Å². The number of aromatic nitrogens is 2. The molecule has 0 radical (unpaired) electrons. The van der Waals surface area contributed by atoms with E-state index in [2.05, 4.69) is 34.0 Å². The normalized spacial score (nSPS) is 10.8. The fourth-order valence-corrected chi connectivity index (χ4v) is 1.87. The maximum atomic E-state index is 5.51. The SMILES string of the molecule is CCN(CC)CCCCCNc1ccnc(N)n1. The summed E-state index contributed by atoms with van der Waals surface area (Å²) in [6.07, 6.45) is 5.33. The van der Waals surface area contributed by atoms with Crippen LogP contribution in [0.5, 0.6) is 0 Å². The first-order valence-corrected chi connectivity index (χ1v) is 6.81. The molecule has 0 aliphatic rings. The van der Waals surface area contributed by atoms with E-state index < -0.39 is 0 Å². The molecule has 0 fully saturated rings. The average Bonchev–Trinajstić information content (AvgIpc) is 2.38. The molecular weight excluding hydrogens is 226 g/mol. The molecule has 0 atom stereocenters. The van der Waals surface area contributed by atoms with Gasteiger partial charge in [-0.2, -0.15) is 4.98 Å². The van der Waals surface area contributed by atoms with Crippen molar-refractivity contribution >= 4 is 11.8 Å². The fourth-order valence-electron chi connectivity index (χ4n) is 1.87. The van der Waals surface area contributed by atoms with Crippen LogP contribution in [-0.4, -0.2) is 41.0 Å². The van der Waals surface area contributed by atoms with E-state index in [0.717, 1.165) is 31.9 Å². The first kappa shape index (κ1) is 14.7. The summed E-state index contributed by atoms with van der Waals surface area (Å²) in [7, 11) is 0. The summed E-state index contributed by atoms with van der Waals surface area (Å²) in [5.41, 5.74) is 5.51. The molecule has 0 aromatic carbocycles. The van der Waals surface area contributed by atoms with Gasteiger partial charge in [-0.25, -0.2) is 4.98 Å². The van der Waals surface area contributed by atoms with Gasteiger partial charge in [-0.3, -0.25) is 0 Å². The lowest BCUT2D eigenvalue weighted by molar-refractivity contribution is 0.296. The van der Waals surface area contributed by atoms with E-state index in [1.807, 2.05) is 6.07 Å². The topological polar surface area (TPSA) is 67.1 Å². The second kappa shape index (κ2) is 8.69. The molecule has 0 amide bonds. The van der Waals surface area contributed by atoms with Gasteiger partial charge in [-0.05, 0) is 38.5 Å². The highest BCUT2D eigenvalue weighted by Gasteiger charge is 1.98. The third-order valence-corrected chi connectivity index (χ3v) is 3.03. The summed E-state index contributed by atoms with van der Waals surface area (Å²) in [6, 6.07) is 1.84. The van der Waals surface area contributed by atoms with Crippen LogP contribution in [-0.2, 0) is 0 Å². The van der Waals surface area contributed by atoms with Gasteiger partial charge in [0.15, 0.2) is 0 Å². The molecular formula is C13H25N5. The fraction of sp³-hybridized carbons (Fsp3) is 0.692. The summed E-state index contributed by atoms with van der Waals surface area (Å²) >= 11 is 0. The van der Waals surface area contributed by atoms with Crippen molar-refractivity contribution in [2.24, 2.45) is 0 Å². The molecule has 18 heavy (non-hydrogen) atoms. The number of hydrogen-bond donors (Lipinski definition) is 2. The van der Waals surface area contributed by atoms with Crippen LogP contribution in [0.1, 0.15) is 33.1 Å². The highest BCUT2D eigenvalue weighted by atomic mass is 15.1. The molecule has 0 bridgehead atoms. The molecule has 3 N–H and O–H groups in total. The van der Waals surface area contributed by atoms with E-state index in [9.17, 15) is 0 Å². The van der Waals surface area contributed by atoms with Crippen molar-refractivity contribution in [2.45, 2.75) is 33.1 Å². The van der Waals surface area contributed by atoms with E-state index in [1.165, 1.54) is 19.4 Å². The average molecular weight is 251 g/mol. The lowest BCUT2D eigenvalue weighted by atomic mass is 10.2. The van der Waals surface area contributed by atoms with Gasteiger partial charge < -0.3 is 16.0 Å². The zero-order valence-corrected chi connectivity index (χ0v) is 11.5. The Morgan fingerprint density at radius 1 is 1.22 bits per heavy atom. The Morgan fingerprint density at radius 2 is 2.00 bits per heavy atom. The maximum Gasteiger partial charge on any atom is 0.221 e. The van der Waals surface area contributed by atoms with Crippen molar-refractivity contribution in [3.05, 3.63) is 12.3 Å². The smallest absolute Gasteiger partial charge is 0.221 e. The number of unbranched alkanes of at least 4 members (excludes halogenated alkanes) is 2. The van der Waals surface area contributed by atoms with Crippen LogP contribution in [0.15, 0.2) is 12.3 Å². The summed E-state index contributed by atoms with van der Waals surface area (Å²) in [6.45, 7) is 8.86. The first-order chi connectivity index (χ1) is 8.76. The largest absolute Gasteiger partial charge is 0.370 e. The Morgan fingerprint density at radius 3 is 2.67 bits per heavy atom. The molecule has 5 nitrogen and oxygen atoms in total. The Bertz CT molecular complexity index is 325. The van der Waals surface area contributed by atoms with Crippen molar-refractivity contribution in [1.29, 1.82) is 0 Å². The van der Waals surface area contributed by atoms with E-state index in [1.54, 1.807) is 6.20 Å². The Kier molecular flexibility index (Phi) is 7.10. The number of nitrogens with zero attached hydrogens (tertiary/aromatic N) is 3.